The van der Waals surface area contributed by atoms with Crippen LogP contribution in [0.3, 0.4) is 0 Å². The van der Waals surface area contributed by atoms with E-state index in [0.29, 0.717) is 19.0 Å². The zero-order chi connectivity index (χ0) is 12.2. The largest absolute Gasteiger partial charge is 0.383 e. The summed E-state index contributed by atoms with van der Waals surface area (Å²) in [6.45, 7) is 2.76. The van der Waals surface area contributed by atoms with Crippen LogP contribution in [0.2, 0.25) is 0 Å². The van der Waals surface area contributed by atoms with Crippen molar-refractivity contribution in [3.05, 3.63) is 0 Å². The molecule has 0 heterocycles. The van der Waals surface area contributed by atoms with Crippen molar-refractivity contribution in [2.45, 2.75) is 25.8 Å². The first-order valence-electron chi connectivity index (χ1n) is 5.55. The third-order valence-corrected chi connectivity index (χ3v) is 5.30. The van der Waals surface area contributed by atoms with Gasteiger partial charge in [-0.25, -0.2) is 8.42 Å². The Morgan fingerprint density at radius 1 is 1.50 bits per heavy atom. The molecule has 1 aliphatic carbocycles. The Hall–Kier alpha value is 0.160. The molecule has 1 atom stereocenters. The number of halogens is 1. The van der Waals surface area contributed by atoms with Gasteiger partial charge < -0.3 is 4.74 Å². The Morgan fingerprint density at radius 3 is 2.56 bits per heavy atom. The van der Waals surface area contributed by atoms with Gasteiger partial charge in [-0.2, -0.15) is 4.31 Å². The second kappa shape index (κ2) is 6.19. The fourth-order valence-corrected chi connectivity index (χ4v) is 3.88. The van der Waals surface area contributed by atoms with E-state index in [1.54, 1.807) is 11.4 Å². The van der Waals surface area contributed by atoms with Gasteiger partial charge in [0.15, 0.2) is 0 Å². The molecule has 16 heavy (non-hydrogen) atoms. The fourth-order valence-electron chi connectivity index (χ4n) is 1.59. The van der Waals surface area contributed by atoms with E-state index >= 15 is 0 Å². The van der Waals surface area contributed by atoms with Gasteiger partial charge in [0.1, 0.15) is 0 Å². The number of sulfonamides is 1. The first-order chi connectivity index (χ1) is 7.51. The smallest absolute Gasteiger partial charge is 0.214 e. The molecular weight excluding hydrogens is 250 g/mol. The Kier molecular flexibility index (Phi) is 5.50. The van der Waals surface area contributed by atoms with Crippen molar-refractivity contribution in [3.63, 3.8) is 0 Å². The molecule has 0 saturated heterocycles. The van der Waals surface area contributed by atoms with Crippen LogP contribution < -0.4 is 0 Å². The number of rotatable bonds is 8. The predicted octanol–water partition coefficient (Wildman–Crippen LogP) is 1.30. The summed E-state index contributed by atoms with van der Waals surface area (Å²) in [6.07, 6.45) is 1.94. The van der Waals surface area contributed by atoms with Crippen LogP contribution in [-0.2, 0) is 14.8 Å². The molecule has 0 aromatic heterocycles. The van der Waals surface area contributed by atoms with Gasteiger partial charge in [0.05, 0.1) is 12.4 Å². The monoisotopic (exact) mass is 269 g/mol. The second-order valence-corrected chi connectivity index (χ2v) is 6.65. The normalized spacial score (nSPS) is 19.0. The van der Waals surface area contributed by atoms with E-state index in [1.165, 1.54) is 0 Å². The summed E-state index contributed by atoms with van der Waals surface area (Å²) in [5.41, 5.74) is 0. The molecule has 1 fully saturated rings. The van der Waals surface area contributed by atoms with E-state index in [1.807, 2.05) is 6.92 Å². The van der Waals surface area contributed by atoms with Crippen molar-refractivity contribution in [1.82, 2.24) is 4.31 Å². The highest BCUT2D eigenvalue weighted by Crippen LogP contribution is 2.29. The molecule has 0 bridgehead atoms. The second-order valence-electron chi connectivity index (χ2n) is 4.37. The van der Waals surface area contributed by atoms with Crippen LogP contribution in [0.4, 0.5) is 0 Å². The highest BCUT2D eigenvalue weighted by atomic mass is 35.5. The van der Waals surface area contributed by atoms with Crippen LogP contribution in [-0.4, -0.2) is 50.7 Å². The summed E-state index contributed by atoms with van der Waals surface area (Å²) in [7, 11) is -1.59. The highest BCUT2D eigenvalue weighted by Gasteiger charge is 2.37. The Labute approximate surface area is 103 Å². The van der Waals surface area contributed by atoms with Gasteiger partial charge in [-0.1, -0.05) is 6.92 Å². The zero-order valence-electron chi connectivity index (χ0n) is 9.86. The minimum Gasteiger partial charge on any atom is -0.383 e. The number of ether oxygens (including phenoxy) is 1. The van der Waals surface area contributed by atoms with Gasteiger partial charge in [-0.15, -0.1) is 11.6 Å². The Morgan fingerprint density at radius 2 is 2.12 bits per heavy atom. The number of alkyl halides is 1. The average Bonchev–Trinajstić information content (AvgIpc) is 3.01. The first-order valence-corrected chi connectivity index (χ1v) is 7.70. The molecule has 96 valence electrons. The Balaban J connectivity index is 2.60. The summed E-state index contributed by atoms with van der Waals surface area (Å²) in [6, 6.07) is 0.197. The Bertz CT molecular complexity index is 303. The topological polar surface area (TPSA) is 46.6 Å². The van der Waals surface area contributed by atoms with Crippen LogP contribution in [0.25, 0.3) is 0 Å². The van der Waals surface area contributed by atoms with E-state index in [4.69, 9.17) is 16.3 Å². The maximum Gasteiger partial charge on any atom is 0.214 e. The van der Waals surface area contributed by atoms with Gasteiger partial charge in [0.25, 0.3) is 0 Å². The molecule has 0 radical (unpaired) electrons. The molecule has 1 unspecified atom stereocenters. The summed E-state index contributed by atoms with van der Waals surface area (Å²) in [5, 5.41) is 0. The van der Waals surface area contributed by atoms with Crippen LogP contribution in [0.1, 0.15) is 19.8 Å². The maximum atomic E-state index is 12.1. The molecule has 0 spiro atoms. The summed E-state index contributed by atoms with van der Waals surface area (Å²) in [5.74, 6) is 0.508. The lowest BCUT2D eigenvalue weighted by Gasteiger charge is -2.22. The van der Waals surface area contributed by atoms with E-state index in [2.05, 4.69) is 0 Å². The molecule has 0 amide bonds. The summed E-state index contributed by atoms with van der Waals surface area (Å²) >= 11 is 5.65. The molecule has 0 N–H and O–H groups in total. The van der Waals surface area contributed by atoms with Crippen LogP contribution in [0.15, 0.2) is 0 Å². The van der Waals surface area contributed by atoms with Crippen molar-refractivity contribution in [2.24, 2.45) is 5.92 Å². The lowest BCUT2D eigenvalue weighted by Crippen LogP contribution is -2.39. The molecule has 1 aliphatic rings. The van der Waals surface area contributed by atoms with Gasteiger partial charge >= 0.3 is 0 Å². The minimum atomic E-state index is -3.17. The lowest BCUT2D eigenvalue weighted by atomic mass is 10.3. The van der Waals surface area contributed by atoms with Crippen LogP contribution in [0, 0.1) is 5.92 Å². The molecule has 0 aliphatic heterocycles. The van der Waals surface area contributed by atoms with Crippen molar-refractivity contribution in [2.75, 3.05) is 31.9 Å². The van der Waals surface area contributed by atoms with Crippen molar-refractivity contribution < 1.29 is 13.2 Å². The van der Waals surface area contributed by atoms with Crippen molar-refractivity contribution in [1.29, 1.82) is 0 Å². The number of methoxy groups -OCH3 is 1. The van der Waals surface area contributed by atoms with Gasteiger partial charge in [-0.05, 0) is 18.8 Å². The van der Waals surface area contributed by atoms with Gasteiger partial charge in [0.2, 0.25) is 10.0 Å². The van der Waals surface area contributed by atoms with Gasteiger partial charge in [-0.3, -0.25) is 0 Å². The third kappa shape index (κ3) is 4.20. The zero-order valence-corrected chi connectivity index (χ0v) is 11.4. The molecule has 1 saturated carbocycles. The average molecular weight is 270 g/mol. The molecule has 1 rings (SSSR count). The standard InChI is InChI=1S/C10H20ClNO3S/c1-9(7-11)8-16(13,14)12(5-6-15-2)10-3-4-10/h9-10H,3-8H2,1-2H3. The SMILES string of the molecule is COCCN(C1CC1)S(=O)(=O)CC(C)CCl. The predicted molar refractivity (Wildman–Crippen MR) is 65.3 cm³/mol. The van der Waals surface area contributed by atoms with E-state index in [9.17, 15) is 8.42 Å². The minimum absolute atomic E-state index is 0.00420. The van der Waals surface area contributed by atoms with Crippen molar-refractivity contribution in [3.8, 4) is 0 Å². The summed E-state index contributed by atoms with van der Waals surface area (Å²) < 4.78 is 30.7. The molecule has 0 aromatic rings. The van der Waals surface area contributed by atoms with E-state index in [0.717, 1.165) is 12.8 Å². The first kappa shape index (κ1) is 14.2. The maximum absolute atomic E-state index is 12.1. The highest BCUT2D eigenvalue weighted by molar-refractivity contribution is 7.89. The van der Waals surface area contributed by atoms with Crippen LogP contribution in [0.5, 0.6) is 0 Å². The van der Waals surface area contributed by atoms with E-state index < -0.39 is 10.0 Å². The number of nitrogens with zero attached hydrogens (tertiary/aromatic N) is 1. The molecule has 4 nitrogen and oxygen atoms in total. The summed E-state index contributed by atoms with van der Waals surface area (Å²) in [4.78, 5) is 0. The number of hydrogen-bond acceptors (Lipinski definition) is 3. The van der Waals surface area contributed by atoms with Crippen molar-refractivity contribution >= 4 is 21.6 Å². The fraction of sp³-hybridized carbons (Fsp3) is 1.00. The lowest BCUT2D eigenvalue weighted by molar-refractivity contribution is 0.177. The molecule has 6 heteroatoms. The number of hydrogen-bond donors (Lipinski definition) is 0. The quantitative estimate of drug-likeness (QED) is 0.624. The molecular formula is C10H20ClNO3S. The van der Waals surface area contributed by atoms with E-state index in [-0.39, 0.29) is 17.7 Å². The van der Waals surface area contributed by atoms with Gasteiger partial charge in [0, 0.05) is 25.6 Å². The van der Waals surface area contributed by atoms with Crippen LogP contribution >= 0.6 is 11.6 Å². The molecule has 0 aromatic carbocycles. The third-order valence-electron chi connectivity index (χ3n) is 2.59.